The molecule has 0 radical (unpaired) electrons. The van der Waals surface area contributed by atoms with Gasteiger partial charge >= 0.3 is 6.03 Å². The highest BCUT2D eigenvalue weighted by Gasteiger charge is 2.24. The Morgan fingerprint density at radius 3 is 2.22 bits per heavy atom. The van der Waals surface area contributed by atoms with Gasteiger partial charge in [0.15, 0.2) is 5.82 Å². The molecule has 4 rings (SSSR count). The second-order valence-electron chi connectivity index (χ2n) is 7.19. The summed E-state index contributed by atoms with van der Waals surface area (Å²) in [6.45, 7) is 2.42. The molecule has 2 heterocycles. The predicted octanol–water partition coefficient (Wildman–Crippen LogP) is 3.66. The molecule has 9 nitrogen and oxygen atoms in total. The number of benzene rings is 2. The Kier molecular flexibility index (Phi) is 6.36. The fourth-order valence-corrected chi connectivity index (χ4v) is 3.72. The van der Waals surface area contributed by atoms with Crippen LogP contribution >= 0.6 is 11.6 Å². The molecule has 0 aliphatic carbocycles. The number of rotatable bonds is 5. The van der Waals surface area contributed by atoms with E-state index in [0.717, 1.165) is 17.2 Å². The molecule has 1 fully saturated rings. The highest BCUT2D eigenvalue weighted by Crippen LogP contribution is 2.29. The molecule has 1 saturated heterocycles. The smallest absolute Gasteiger partial charge is 0.323 e. The summed E-state index contributed by atoms with van der Waals surface area (Å²) in [5.74, 6) is 1.95. The fraction of sp³-hybridized carbons (Fsp3) is 0.318. The van der Waals surface area contributed by atoms with Crippen LogP contribution in [0.1, 0.15) is 0 Å². The highest BCUT2D eigenvalue weighted by atomic mass is 35.5. The SMILES string of the molecule is COc1cc(OC)cc(N2CCN(C(=O)Nc3nc4cc(Cl)ccc4nc3OC)CC2)c1. The van der Waals surface area contributed by atoms with E-state index in [1.807, 2.05) is 18.2 Å². The molecule has 2 aromatic carbocycles. The van der Waals surface area contributed by atoms with E-state index in [1.165, 1.54) is 7.11 Å². The average Bonchev–Trinajstić information content (AvgIpc) is 2.83. The summed E-state index contributed by atoms with van der Waals surface area (Å²) in [6.07, 6.45) is 0. The number of ether oxygens (including phenoxy) is 3. The van der Waals surface area contributed by atoms with Gasteiger partial charge in [-0.1, -0.05) is 11.6 Å². The number of aromatic nitrogens is 2. The average molecular weight is 458 g/mol. The second kappa shape index (κ2) is 9.35. The van der Waals surface area contributed by atoms with Gasteiger partial charge < -0.3 is 24.0 Å². The summed E-state index contributed by atoms with van der Waals surface area (Å²) < 4.78 is 16.0. The molecule has 2 amide bonds. The molecule has 3 aromatic rings. The molecule has 0 saturated carbocycles. The van der Waals surface area contributed by atoms with Gasteiger partial charge in [0.2, 0.25) is 0 Å². The van der Waals surface area contributed by atoms with Crippen molar-refractivity contribution in [3.05, 3.63) is 41.4 Å². The number of methoxy groups -OCH3 is 3. The van der Waals surface area contributed by atoms with Crippen LogP contribution in [-0.2, 0) is 0 Å². The van der Waals surface area contributed by atoms with Crippen molar-refractivity contribution in [2.45, 2.75) is 0 Å². The van der Waals surface area contributed by atoms with Crippen LogP contribution in [0.3, 0.4) is 0 Å². The van der Waals surface area contributed by atoms with E-state index in [1.54, 1.807) is 37.3 Å². The number of carbonyl (C=O) groups is 1. The Morgan fingerprint density at radius 1 is 0.906 bits per heavy atom. The molecule has 0 atom stereocenters. The molecule has 0 unspecified atom stereocenters. The maximum atomic E-state index is 12.9. The summed E-state index contributed by atoms with van der Waals surface area (Å²) in [5, 5.41) is 3.36. The van der Waals surface area contributed by atoms with E-state index in [4.69, 9.17) is 25.8 Å². The lowest BCUT2D eigenvalue weighted by Gasteiger charge is -2.36. The van der Waals surface area contributed by atoms with E-state index in [0.29, 0.717) is 42.2 Å². The van der Waals surface area contributed by atoms with Crippen molar-refractivity contribution in [2.75, 3.05) is 57.7 Å². The Hall–Kier alpha value is -3.46. The quantitative estimate of drug-likeness (QED) is 0.625. The van der Waals surface area contributed by atoms with Crippen molar-refractivity contribution >= 4 is 40.2 Å². The molecular weight excluding hydrogens is 434 g/mol. The summed E-state index contributed by atoms with van der Waals surface area (Å²) in [4.78, 5) is 25.7. The number of nitrogens with one attached hydrogen (secondary N) is 1. The van der Waals surface area contributed by atoms with Crippen LogP contribution in [0.4, 0.5) is 16.3 Å². The summed E-state index contributed by atoms with van der Waals surface area (Å²) >= 11 is 6.06. The number of piperazine rings is 1. The van der Waals surface area contributed by atoms with E-state index >= 15 is 0 Å². The van der Waals surface area contributed by atoms with Gasteiger partial charge in [-0.25, -0.2) is 14.8 Å². The zero-order chi connectivity index (χ0) is 22.7. The van der Waals surface area contributed by atoms with Crippen LogP contribution in [0.15, 0.2) is 36.4 Å². The molecule has 1 aromatic heterocycles. The number of fused-ring (bicyclic) bond motifs is 1. The number of hydrogen-bond donors (Lipinski definition) is 1. The lowest BCUT2D eigenvalue weighted by Crippen LogP contribution is -2.50. The first-order valence-electron chi connectivity index (χ1n) is 10.1. The number of urea groups is 1. The Morgan fingerprint density at radius 2 is 1.59 bits per heavy atom. The number of carbonyl (C=O) groups excluding carboxylic acids is 1. The third kappa shape index (κ3) is 4.57. The van der Waals surface area contributed by atoms with Crippen LogP contribution in [0.2, 0.25) is 5.02 Å². The van der Waals surface area contributed by atoms with Crippen LogP contribution < -0.4 is 24.4 Å². The third-order valence-corrected chi connectivity index (χ3v) is 5.52. The van der Waals surface area contributed by atoms with E-state index < -0.39 is 0 Å². The summed E-state index contributed by atoms with van der Waals surface area (Å²) in [6, 6.07) is 10.7. The number of hydrogen-bond acceptors (Lipinski definition) is 7. The van der Waals surface area contributed by atoms with Gasteiger partial charge in [0.1, 0.15) is 11.5 Å². The van der Waals surface area contributed by atoms with Crippen molar-refractivity contribution in [2.24, 2.45) is 0 Å². The van der Waals surface area contributed by atoms with E-state index in [2.05, 4.69) is 20.2 Å². The standard InChI is InChI=1S/C22H24ClN5O4/c1-30-16-11-15(12-17(13-16)31-2)27-6-8-28(9-7-27)22(29)26-20-21(32-3)25-18-5-4-14(23)10-19(18)24-20/h4-5,10-13H,6-9H2,1-3H3,(H,24,26,29). The minimum atomic E-state index is -0.262. The van der Waals surface area contributed by atoms with Crippen molar-refractivity contribution < 1.29 is 19.0 Å². The number of anilines is 2. The molecule has 0 spiro atoms. The van der Waals surface area contributed by atoms with Gasteiger partial charge in [-0.15, -0.1) is 0 Å². The first kappa shape index (κ1) is 21.8. The Bertz CT molecular complexity index is 1110. The highest BCUT2D eigenvalue weighted by molar-refractivity contribution is 6.31. The van der Waals surface area contributed by atoms with Gasteiger partial charge in [-0.05, 0) is 18.2 Å². The number of amides is 2. The molecule has 1 aliphatic rings. The summed E-state index contributed by atoms with van der Waals surface area (Å²) in [7, 11) is 4.74. The van der Waals surface area contributed by atoms with Gasteiger partial charge in [-0.2, -0.15) is 0 Å². The normalized spacial score (nSPS) is 13.8. The lowest BCUT2D eigenvalue weighted by atomic mass is 10.2. The van der Waals surface area contributed by atoms with Crippen LogP contribution in [-0.4, -0.2) is 68.4 Å². The fourth-order valence-electron chi connectivity index (χ4n) is 3.56. The second-order valence-corrected chi connectivity index (χ2v) is 7.63. The van der Waals surface area contributed by atoms with Crippen molar-refractivity contribution in [3.8, 4) is 17.4 Å². The number of nitrogens with zero attached hydrogens (tertiary/aromatic N) is 4. The largest absolute Gasteiger partial charge is 0.497 e. The van der Waals surface area contributed by atoms with E-state index in [9.17, 15) is 4.79 Å². The van der Waals surface area contributed by atoms with Gasteiger partial charge in [-0.3, -0.25) is 5.32 Å². The molecule has 10 heteroatoms. The first-order valence-corrected chi connectivity index (χ1v) is 10.4. The topological polar surface area (TPSA) is 89.1 Å². The molecule has 32 heavy (non-hydrogen) atoms. The molecule has 0 bridgehead atoms. The van der Waals surface area contributed by atoms with Crippen molar-refractivity contribution in [1.29, 1.82) is 0 Å². The predicted molar refractivity (Wildman–Crippen MR) is 123 cm³/mol. The van der Waals surface area contributed by atoms with Gasteiger partial charge in [0, 0.05) is 55.1 Å². The van der Waals surface area contributed by atoms with Crippen molar-refractivity contribution in [1.82, 2.24) is 14.9 Å². The minimum absolute atomic E-state index is 0.246. The van der Waals surface area contributed by atoms with Crippen LogP contribution in [0.5, 0.6) is 17.4 Å². The monoisotopic (exact) mass is 457 g/mol. The maximum Gasteiger partial charge on any atom is 0.323 e. The molecular formula is C22H24ClN5O4. The third-order valence-electron chi connectivity index (χ3n) is 5.28. The van der Waals surface area contributed by atoms with Crippen LogP contribution in [0.25, 0.3) is 11.0 Å². The zero-order valence-electron chi connectivity index (χ0n) is 18.1. The minimum Gasteiger partial charge on any atom is -0.497 e. The van der Waals surface area contributed by atoms with Gasteiger partial charge in [0.25, 0.3) is 5.88 Å². The number of halogens is 1. The Balaban J connectivity index is 1.45. The lowest BCUT2D eigenvalue weighted by molar-refractivity contribution is 0.208. The molecule has 1 aliphatic heterocycles. The molecule has 168 valence electrons. The zero-order valence-corrected chi connectivity index (χ0v) is 18.8. The summed E-state index contributed by atoms with van der Waals surface area (Å²) in [5.41, 5.74) is 2.19. The Labute approximate surface area is 190 Å². The van der Waals surface area contributed by atoms with Gasteiger partial charge in [0.05, 0.1) is 32.4 Å². The first-order chi connectivity index (χ1) is 15.5. The van der Waals surface area contributed by atoms with Crippen molar-refractivity contribution in [3.63, 3.8) is 0 Å². The van der Waals surface area contributed by atoms with Crippen LogP contribution in [0, 0.1) is 0 Å². The molecule has 1 N–H and O–H groups in total. The van der Waals surface area contributed by atoms with E-state index in [-0.39, 0.29) is 17.7 Å². The maximum absolute atomic E-state index is 12.9.